The molecule has 1 aromatic heterocycles. The van der Waals surface area contributed by atoms with Gasteiger partial charge in [0.2, 0.25) is 5.89 Å². The molecule has 0 radical (unpaired) electrons. The maximum Gasteiger partial charge on any atom is 0.258 e. The standard InChI is InChI=1S/C21H11ClFN3O2/c22-14-4-8-19-18(10-14)26-21(28-19)13-2-5-15(6-3-13)25-20(27)16-7-1-12(11-24)9-17(16)23/h1-10H,(H,25,27). The predicted molar refractivity (Wildman–Crippen MR) is 104 cm³/mol. The number of anilines is 1. The van der Waals surface area contributed by atoms with E-state index in [2.05, 4.69) is 10.3 Å². The fraction of sp³-hybridized carbons (Fsp3) is 0. The number of halogens is 2. The van der Waals surface area contributed by atoms with Crippen molar-refractivity contribution in [2.24, 2.45) is 0 Å². The van der Waals surface area contributed by atoms with Crippen LogP contribution < -0.4 is 5.32 Å². The Kier molecular flexibility index (Phi) is 4.52. The number of hydrogen-bond donors (Lipinski definition) is 1. The van der Waals surface area contributed by atoms with Crippen LogP contribution in [0, 0.1) is 17.1 Å². The molecule has 0 spiro atoms. The summed E-state index contributed by atoms with van der Waals surface area (Å²) in [6, 6.07) is 17.5. The molecule has 1 amide bonds. The Morgan fingerprint density at radius 3 is 2.61 bits per heavy atom. The van der Waals surface area contributed by atoms with Gasteiger partial charge in [0.15, 0.2) is 5.58 Å². The number of fused-ring (bicyclic) bond motifs is 1. The van der Waals surface area contributed by atoms with E-state index in [1.807, 2.05) is 6.07 Å². The van der Waals surface area contributed by atoms with Gasteiger partial charge in [0.1, 0.15) is 11.3 Å². The van der Waals surface area contributed by atoms with Gasteiger partial charge in [-0.2, -0.15) is 5.26 Å². The molecule has 1 heterocycles. The number of rotatable bonds is 3. The first-order valence-corrected chi connectivity index (χ1v) is 8.59. The first kappa shape index (κ1) is 17.7. The van der Waals surface area contributed by atoms with Crippen molar-refractivity contribution in [1.82, 2.24) is 4.98 Å². The molecule has 0 atom stereocenters. The van der Waals surface area contributed by atoms with E-state index in [9.17, 15) is 9.18 Å². The average Bonchev–Trinajstić information content (AvgIpc) is 3.11. The zero-order chi connectivity index (χ0) is 19.7. The molecule has 0 saturated carbocycles. The van der Waals surface area contributed by atoms with E-state index < -0.39 is 11.7 Å². The van der Waals surface area contributed by atoms with Crippen molar-refractivity contribution in [2.75, 3.05) is 5.32 Å². The number of amides is 1. The summed E-state index contributed by atoms with van der Waals surface area (Å²) in [6.45, 7) is 0. The Balaban J connectivity index is 1.54. The first-order valence-electron chi connectivity index (χ1n) is 8.21. The molecular weight excluding hydrogens is 381 g/mol. The predicted octanol–water partition coefficient (Wildman–Crippen LogP) is 5.41. The highest BCUT2D eigenvalue weighted by Crippen LogP contribution is 2.27. The Hall–Kier alpha value is -3.69. The quantitative estimate of drug-likeness (QED) is 0.506. The minimum Gasteiger partial charge on any atom is -0.436 e. The highest BCUT2D eigenvalue weighted by molar-refractivity contribution is 6.31. The van der Waals surface area contributed by atoms with Crippen molar-refractivity contribution in [3.8, 4) is 17.5 Å². The second-order valence-electron chi connectivity index (χ2n) is 5.97. The second kappa shape index (κ2) is 7.14. The number of aromatic nitrogens is 1. The Morgan fingerprint density at radius 1 is 1.11 bits per heavy atom. The van der Waals surface area contributed by atoms with Crippen molar-refractivity contribution in [1.29, 1.82) is 5.26 Å². The number of carbonyl (C=O) groups is 1. The Labute approximate surface area is 164 Å². The summed E-state index contributed by atoms with van der Waals surface area (Å²) < 4.78 is 19.7. The molecule has 0 fully saturated rings. The van der Waals surface area contributed by atoms with E-state index in [0.29, 0.717) is 27.7 Å². The number of carbonyl (C=O) groups excluding carboxylic acids is 1. The topological polar surface area (TPSA) is 78.9 Å². The molecular formula is C21H11ClFN3O2. The molecule has 0 aliphatic rings. The highest BCUT2D eigenvalue weighted by Gasteiger charge is 2.13. The fourth-order valence-corrected chi connectivity index (χ4v) is 2.85. The minimum absolute atomic E-state index is 0.140. The van der Waals surface area contributed by atoms with Crippen LogP contribution in [0.1, 0.15) is 15.9 Å². The molecule has 0 bridgehead atoms. The van der Waals surface area contributed by atoms with Crippen LogP contribution in [0.15, 0.2) is 65.1 Å². The van der Waals surface area contributed by atoms with Crippen LogP contribution in [0.4, 0.5) is 10.1 Å². The molecule has 0 aliphatic heterocycles. The van der Waals surface area contributed by atoms with E-state index in [0.717, 1.165) is 11.6 Å². The summed E-state index contributed by atoms with van der Waals surface area (Å²) in [5.74, 6) is -0.933. The highest BCUT2D eigenvalue weighted by atomic mass is 35.5. The molecule has 136 valence electrons. The van der Waals surface area contributed by atoms with Crippen LogP contribution in [-0.2, 0) is 0 Å². The molecule has 1 N–H and O–H groups in total. The Morgan fingerprint density at radius 2 is 1.89 bits per heavy atom. The van der Waals surface area contributed by atoms with E-state index in [1.165, 1.54) is 12.1 Å². The molecule has 5 nitrogen and oxygen atoms in total. The fourth-order valence-electron chi connectivity index (χ4n) is 2.69. The lowest BCUT2D eigenvalue weighted by atomic mass is 10.1. The van der Waals surface area contributed by atoms with E-state index in [4.69, 9.17) is 21.3 Å². The Bertz CT molecular complexity index is 1240. The normalized spacial score (nSPS) is 10.6. The zero-order valence-electron chi connectivity index (χ0n) is 14.2. The van der Waals surface area contributed by atoms with Gasteiger partial charge >= 0.3 is 0 Å². The molecule has 4 aromatic rings. The molecule has 3 aromatic carbocycles. The van der Waals surface area contributed by atoms with Crippen LogP contribution in [-0.4, -0.2) is 10.9 Å². The van der Waals surface area contributed by atoms with Crippen LogP contribution >= 0.6 is 11.6 Å². The minimum atomic E-state index is -0.752. The molecule has 4 rings (SSSR count). The monoisotopic (exact) mass is 391 g/mol. The third-order valence-electron chi connectivity index (χ3n) is 4.08. The lowest BCUT2D eigenvalue weighted by Gasteiger charge is -2.07. The number of benzene rings is 3. The number of nitrogens with zero attached hydrogens (tertiary/aromatic N) is 2. The van der Waals surface area contributed by atoms with Crippen LogP contribution in [0.2, 0.25) is 5.02 Å². The molecule has 0 unspecified atom stereocenters. The SMILES string of the molecule is N#Cc1ccc(C(=O)Nc2ccc(-c3nc4cc(Cl)ccc4o3)cc2)c(F)c1. The van der Waals surface area contributed by atoms with Crippen molar-refractivity contribution >= 4 is 34.3 Å². The summed E-state index contributed by atoms with van der Waals surface area (Å²) >= 11 is 5.96. The van der Waals surface area contributed by atoms with Gasteiger partial charge < -0.3 is 9.73 Å². The molecule has 0 saturated heterocycles. The van der Waals surface area contributed by atoms with Gasteiger partial charge in [-0.1, -0.05) is 11.6 Å². The largest absolute Gasteiger partial charge is 0.436 e. The van der Waals surface area contributed by atoms with E-state index in [-0.39, 0.29) is 11.1 Å². The van der Waals surface area contributed by atoms with Crippen LogP contribution in [0.25, 0.3) is 22.6 Å². The smallest absolute Gasteiger partial charge is 0.258 e. The van der Waals surface area contributed by atoms with Gasteiger partial charge in [-0.05, 0) is 60.7 Å². The van der Waals surface area contributed by atoms with E-state index in [1.54, 1.807) is 42.5 Å². The van der Waals surface area contributed by atoms with Gasteiger partial charge in [0.25, 0.3) is 5.91 Å². The van der Waals surface area contributed by atoms with Gasteiger partial charge in [-0.25, -0.2) is 9.37 Å². The van der Waals surface area contributed by atoms with Gasteiger partial charge in [-0.3, -0.25) is 4.79 Å². The number of nitriles is 1. The zero-order valence-corrected chi connectivity index (χ0v) is 15.0. The van der Waals surface area contributed by atoms with Gasteiger partial charge in [-0.15, -0.1) is 0 Å². The maximum atomic E-state index is 14.0. The third kappa shape index (κ3) is 3.43. The molecule has 0 aliphatic carbocycles. The first-order chi connectivity index (χ1) is 13.5. The third-order valence-corrected chi connectivity index (χ3v) is 4.32. The van der Waals surface area contributed by atoms with Gasteiger partial charge in [0, 0.05) is 16.3 Å². The summed E-state index contributed by atoms with van der Waals surface area (Å²) in [4.78, 5) is 16.7. The van der Waals surface area contributed by atoms with Crippen molar-refractivity contribution in [3.63, 3.8) is 0 Å². The number of hydrogen-bond acceptors (Lipinski definition) is 4. The summed E-state index contributed by atoms with van der Waals surface area (Å²) in [5, 5.41) is 12.0. The number of nitrogens with one attached hydrogen (secondary N) is 1. The second-order valence-corrected chi connectivity index (χ2v) is 6.41. The summed E-state index contributed by atoms with van der Waals surface area (Å²) in [7, 11) is 0. The lowest BCUT2D eigenvalue weighted by Crippen LogP contribution is -2.13. The van der Waals surface area contributed by atoms with Crippen molar-refractivity contribution in [3.05, 3.63) is 82.6 Å². The van der Waals surface area contributed by atoms with Crippen molar-refractivity contribution in [2.45, 2.75) is 0 Å². The van der Waals surface area contributed by atoms with Crippen LogP contribution in [0.3, 0.4) is 0 Å². The summed E-state index contributed by atoms with van der Waals surface area (Å²) in [5.41, 5.74) is 2.48. The van der Waals surface area contributed by atoms with Gasteiger partial charge in [0.05, 0.1) is 17.2 Å². The maximum absolute atomic E-state index is 14.0. The lowest BCUT2D eigenvalue weighted by molar-refractivity contribution is 0.102. The van der Waals surface area contributed by atoms with E-state index >= 15 is 0 Å². The number of oxazole rings is 1. The average molecular weight is 392 g/mol. The van der Waals surface area contributed by atoms with Crippen LogP contribution in [0.5, 0.6) is 0 Å². The molecule has 7 heteroatoms. The molecule has 28 heavy (non-hydrogen) atoms. The van der Waals surface area contributed by atoms with Crippen molar-refractivity contribution < 1.29 is 13.6 Å². The summed E-state index contributed by atoms with van der Waals surface area (Å²) in [6.07, 6.45) is 0.